The fraction of sp³-hybridized carbons (Fsp3) is 0.412. The van der Waals surface area contributed by atoms with E-state index in [1.807, 2.05) is 46.8 Å². The number of rotatable bonds is 6. The number of benzene rings is 1. The van der Waals surface area contributed by atoms with Gasteiger partial charge in [0.25, 0.3) is 0 Å². The Kier molecular flexibility index (Phi) is 5.70. The van der Waals surface area contributed by atoms with E-state index in [4.69, 9.17) is 0 Å². The summed E-state index contributed by atoms with van der Waals surface area (Å²) in [7, 11) is 1.94. The molecule has 0 bridgehead atoms. The van der Waals surface area contributed by atoms with Crippen molar-refractivity contribution in [2.45, 2.75) is 11.6 Å². The van der Waals surface area contributed by atoms with Gasteiger partial charge in [0.1, 0.15) is 0 Å². The minimum absolute atomic E-state index is 0.128. The second-order valence-electron chi connectivity index (χ2n) is 5.85. The maximum absolute atomic E-state index is 12.3. The quantitative estimate of drug-likeness (QED) is 0.574. The topological polar surface area (TPSA) is 71.3 Å². The average molecular weight is 359 g/mol. The van der Waals surface area contributed by atoms with Gasteiger partial charge in [-0.1, -0.05) is 42.1 Å². The van der Waals surface area contributed by atoms with Gasteiger partial charge in [0.05, 0.1) is 0 Å². The third-order valence-electron chi connectivity index (χ3n) is 4.23. The van der Waals surface area contributed by atoms with E-state index in [0.29, 0.717) is 38.4 Å². The molecule has 0 N–H and O–H groups in total. The van der Waals surface area contributed by atoms with Gasteiger partial charge in [-0.2, -0.15) is 0 Å². The maximum atomic E-state index is 12.3. The van der Waals surface area contributed by atoms with Crippen LogP contribution in [-0.4, -0.2) is 68.8 Å². The van der Waals surface area contributed by atoms with Crippen LogP contribution in [0.5, 0.6) is 0 Å². The average Bonchev–Trinajstić information content (AvgIpc) is 3.03. The predicted octanol–water partition coefficient (Wildman–Crippen LogP) is 1.26. The van der Waals surface area contributed by atoms with Crippen LogP contribution in [0, 0.1) is 0 Å². The smallest absolute Gasteiger partial charge is 0.223 e. The number of hydrogen-bond donors (Lipinski definition) is 0. The van der Waals surface area contributed by atoms with Crippen molar-refractivity contribution in [3.63, 3.8) is 0 Å². The Bertz CT molecular complexity index is 726. The third kappa shape index (κ3) is 4.19. The molecule has 1 aliphatic rings. The second kappa shape index (κ2) is 8.15. The van der Waals surface area contributed by atoms with E-state index in [0.717, 1.165) is 23.0 Å². The van der Waals surface area contributed by atoms with E-state index in [1.54, 1.807) is 4.90 Å². The zero-order valence-corrected chi connectivity index (χ0v) is 15.0. The zero-order chi connectivity index (χ0) is 17.6. The van der Waals surface area contributed by atoms with Crippen molar-refractivity contribution in [2.75, 3.05) is 31.9 Å². The molecule has 8 heteroatoms. The van der Waals surface area contributed by atoms with E-state index in [1.165, 1.54) is 11.8 Å². The van der Waals surface area contributed by atoms with Crippen molar-refractivity contribution in [3.8, 4) is 11.4 Å². The van der Waals surface area contributed by atoms with E-state index < -0.39 is 0 Å². The first kappa shape index (κ1) is 17.5. The molecule has 25 heavy (non-hydrogen) atoms. The van der Waals surface area contributed by atoms with E-state index in [2.05, 4.69) is 10.2 Å². The first-order valence-electron chi connectivity index (χ1n) is 8.24. The van der Waals surface area contributed by atoms with Crippen molar-refractivity contribution in [2.24, 2.45) is 7.05 Å². The summed E-state index contributed by atoms with van der Waals surface area (Å²) in [6.45, 7) is 2.47. The number of thioether (sulfide) groups is 1. The molecule has 0 unspecified atom stereocenters. The van der Waals surface area contributed by atoms with Crippen LogP contribution in [-0.2, 0) is 16.6 Å². The Morgan fingerprint density at radius 2 is 1.88 bits per heavy atom. The molecule has 2 amide bonds. The molecule has 0 spiro atoms. The fourth-order valence-corrected chi connectivity index (χ4v) is 3.58. The number of amides is 2. The molecule has 3 rings (SSSR count). The molecular weight excluding hydrogens is 338 g/mol. The van der Waals surface area contributed by atoms with Crippen LogP contribution >= 0.6 is 11.8 Å². The number of aromatic nitrogens is 3. The lowest BCUT2D eigenvalue weighted by Gasteiger charge is -2.32. The van der Waals surface area contributed by atoms with Crippen LogP contribution in [0.15, 0.2) is 35.5 Å². The van der Waals surface area contributed by atoms with Crippen LogP contribution in [0.3, 0.4) is 0 Å². The summed E-state index contributed by atoms with van der Waals surface area (Å²) in [5.41, 5.74) is 1.02. The fourth-order valence-electron chi connectivity index (χ4n) is 2.74. The van der Waals surface area contributed by atoms with Gasteiger partial charge >= 0.3 is 0 Å². The van der Waals surface area contributed by atoms with Gasteiger partial charge in [-0.05, 0) is 0 Å². The lowest BCUT2D eigenvalue weighted by atomic mass is 10.2. The van der Waals surface area contributed by atoms with E-state index in [9.17, 15) is 9.59 Å². The van der Waals surface area contributed by atoms with Gasteiger partial charge in [-0.25, -0.2) is 0 Å². The van der Waals surface area contributed by atoms with Crippen molar-refractivity contribution < 1.29 is 9.59 Å². The van der Waals surface area contributed by atoms with Crippen molar-refractivity contribution in [3.05, 3.63) is 30.3 Å². The zero-order valence-electron chi connectivity index (χ0n) is 14.2. The molecule has 0 radical (unpaired) electrons. The first-order chi connectivity index (χ1) is 12.2. The molecule has 1 aromatic heterocycles. The number of nitrogens with zero attached hydrogens (tertiary/aromatic N) is 5. The van der Waals surface area contributed by atoms with Crippen LogP contribution in [0.1, 0.15) is 6.42 Å². The number of hydrogen-bond acceptors (Lipinski definition) is 5. The van der Waals surface area contributed by atoms with Gasteiger partial charge in [0, 0.05) is 51.0 Å². The third-order valence-corrected chi connectivity index (χ3v) is 5.25. The van der Waals surface area contributed by atoms with Gasteiger partial charge in [0.15, 0.2) is 11.0 Å². The summed E-state index contributed by atoms with van der Waals surface area (Å²) < 4.78 is 1.95. The van der Waals surface area contributed by atoms with E-state index >= 15 is 0 Å². The SMILES string of the molecule is Cn1c(SCCC(=O)N2CCN(C=O)CC2)nnc1-c1ccccc1. The van der Waals surface area contributed by atoms with Crippen LogP contribution < -0.4 is 0 Å². The van der Waals surface area contributed by atoms with Crippen molar-refractivity contribution in [1.29, 1.82) is 0 Å². The molecular formula is C17H21N5O2S. The van der Waals surface area contributed by atoms with Gasteiger partial charge in [-0.3, -0.25) is 9.59 Å². The highest BCUT2D eigenvalue weighted by Gasteiger charge is 2.20. The summed E-state index contributed by atoms with van der Waals surface area (Å²) in [5.74, 6) is 1.61. The molecule has 1 saturated heterocycles. The second-order valence-corrected chi connectivity index (χ2v) is 6.91. The van der Waals surface area contributed by atoms with Crippen molar-refractivity contribution in [1.82, 2.24) is 24.6 Å². The van der Waals surface area contributed by atoms with Crippen LogP contribution in [0.25, 0.3) is 11.4 Å². The Labute approximate surface area is 151 Å². The molecule has 0 aliphatic carbocycles. The predicted molar refractivity (Wildman–Crippen MR) is 96.0 cm³/mol. The molecule has 1 fully saturated rings. The first-order valence-corrected chi connectivity index (χ1v) is 9.22. The van der Waals surface area contributed by atoms with Crippen LogP contribution in [0.2, 0.25) is 0 Å². The van der Waals surface area contributed by atoms with Crippen LogP contribution in [0.4, 0.5) is 0 Å². The minimum Gasteiger partial charge on any atom is -0.342 e. The minimum atomic E-state index is 0.128. The van der Waals surface area contributed by atoms with E-state index in [-0.39, 0.29) is 5.91 Å². The molecule has 132 valence electrons. The number of carbonyl (C=O) groups excluding carboxylic acids is 2. The molecule has 0 atom stereocenters. The summed E-state index contributed by atoms with van der Waals surface area (Å²) in [5, 5.41) is 9.28. The Balaban J connectivity index is 1.50. The van der Waals surface area contributed by atoms with Crippen molar-refractivity contribution >= 4 is 24.1 Å². The summed E-state index contributed by atoms with van der Waals surface area (Å²) >= 11 is 1.54. The molecule has 2 aromatic rings. The highest BCUT2D eigenvalue weighted by molar-refractivity contribution is 7.99. The molecule has 2 heterocycles. The highest BCUT2D eigenvalue weighted by Crippen LogP contribution is 2.23. The lowest BCUT2D eigenvalue weighted by Crippen LogP contribution is -2.48. The summed E-state index contributed by atoms with van der Waals surface area (Å²) in [4.78, 5) is 26.5. The van der Waals surface area contributed by atoms with Gasteiger partial charge < -0.3 is 14.4 Å². The lowest BCUT2D eigenvalue weighted by molar-refractivity contribution is -0.134. The number of piperazine rings is 1. The maximum Gasteiger partial charge on any atom is 0.223 e. The Hall–Kier alpha value is -2.35. The largest absolute Gasteiger partial charge is 0.342 e. The van der Waals surface area contributed by atoms with Gasteiger partial charge in [0.2, 0.25) is 12.3 Å². The molecule has 1 aromatic carbocycles. The number of carbonyl (C=O) groups is 2. The standard InChI is InChI=1S/C17H21N5O2S/c1-20-16(14-5-3-2-4-6-14)18-19-17(20)25-12-7-15(24)22-10-8-21(13-23)9-11-22/h2-6,13H,7-12H2,1H3. The van der Waals surface area contributed by atoms with Gasteiger partial charge in [-0.15, -0.1) is 10.2 Å². The highest BCUT2D eigenvalue weighted by atomic mass is 32.2. The summed E-state index contributed by atoms with van der Waals surface area (Å²) in [6, 6.07) is 9.91. The molecule has 7 nitrogen and oxygen atoms in total. The molecule has 0 saturated carbocycles. The Morgan fingerprint density at radius 3 is 2.56 bits per heavy atom. The normalized spacial score (nSPS) is 14.6. The Morgan fingerprint density at radius 1 is 1.16 bits per heavy atom. The summed E-state index contributed by atoms with van der Waals surface area (Å²) in [6.07, 6.45) is 1.30. The monoisotopic (exact) mass is 359 g/mol. The molecule has 1 aliphatic heterocycles.